The Balaban J connectivity index is 2.45. The second kappa shape index (κ2) is 7.91. The predicted molar refractivity (Wildman–Crippen MR) is 101 cm³/mol. The lowest BCUT2D eigenvalue weighted by atomic mass is 9.72. The largest absolute Gasteiger partial charge is 0.496 e. The van der Waals surface area contributed by atoms with E-state index in [1.807, 2.05) is 0 Å². The molecule has 0 bridgehead atoms. The molecule has 0 amide bonds. The molecule has 154 valence electrons. The number of hydrogen-bond donors (Lipinski definition) is 1. The van der Waals surface area contributed by atoms with Crippen LogP contribution in [0.2, 0.25) is 5.02 Å². The van der Waals surface area contributed by atoms with Crippen LogP contribution in [0.1, 0.15) is 37.0 Å². The summed E-state index contributed by atoms with van der Waals surface area (Å²) in [5.74, 6) is -0.334. The first-order chi connectivity index (χ1) is 12.8. The molecule has 0 fully saturated rings. The van der Waals surface area contributed by atoms with E-state index in [2.05, 4.69) is 0 Å². The molecule has 0 aliphatic rings. The third-order valence-electron chi connectivity index (χ3n) is 4.89. The molecular formula is C21H23ClF4O2. The van der Waals surface area contributed by atoms with Crippen molar-refractivity contribution in [2.45, 2.75) is 50.8 Å². The number of methoxy groups -OCH3 is 1. The highest BCUT2D eigenvalue weighted by Crippen LogP contribution is 2.45. The average Bonchev–Trinajstić information content (AvgIpc) is 2.56. The van der Waals surface area contributed by atoms with E-state index >= 15 is 0 Å². The lowest BCUT2D eigenvalue weighted by molar-refractivity contribution is -0.266. The van der Waals surface area contributed by atoms with Crippen molar-refractivity contribution in [3.8, 4) is 5.75 Å². The van der Waals surface area contributed by atoms with E-state index in [9.17, 15) is 22.7 Å². The Morgan fingerprint density at radius 1 is 1.07 bits per heavy atom. The minimum Gasteiger partial charge on any atom is -0.496 e. The molecule has 7 heteroatoms. The number of aryl methyl sites for hydroxylation is 1. The summed E-state index contributed by atoms with van der Waals surface area (Å²) >= 11 is 6.02. The number of ether oxygens (including phenoxy) is 1. The summed E-state index contributed by atoms with van der Waals surface area (Å²) in [7, 11) is 1.36. The van der Waals surface area contributed by atoms with Crippen LogP contribution in [-0.4, -0.2) is 24.0 Å². The monoisotopic (exact) mass is 418 g/mol. The molecule has 0 saturated carbocycles. The van der Waals surface area contributed by atoms with Gasteiger partial charge in [0.15, 0.2) is 5.60 Å². The second-order valence-corrected chi connectivity index (χ2v) is 8.10. The van der Waals surface area contributed by atoms with Crippen LogP contribution >= 0.6 is 11.6 Å². The molecule has 1 atom stereocenters. The van der Waals surface area contributed by atoms with Gasteiger partial charge < -0.3 is 9.84 Å². The van der Waals surface area contributed by atoms with Crippen molar-refractivity contribution in [1.82, 2.24) is 0 Å². The zero-order chi connectivity index (χ0) is 21.3. The topological polar surface area (TPSA) is 29.5 Å². The van der Waals surface area contributed by atoms with E-state index in [1.54, 1.807) is 13.0 Å². The SMILES string of the molecule is COc1ccc(F)cc1C(C)(C)CC(O)(Cc1ccc(C)c(Cl)c1)C(F)(F)F. The first-order valence-electron chi connectivity index (χ1n) is 8.67. The minimum absolute atomic E-state index is 0.250. The Hall–Kier alpha value is -1.79. The van der Waals surface area contributed by atoms with Crippen LogP contribution in [0, 0.1) is 12.7 Å². The zero-order valence-corrected chi connectivity index (χ0v) is 16.9. The fourth-order valence-corrected chi connectivity index (χ4v) is 3.59. The van der Waals surface area contributed by atoms with Gasteiger partial charge in [-0.3, -0.25) is 0 Å². The molecule has 1 N–H and O–H groups in total. The van der Waals surface area contributed by atoms with Crippen molar-refractivity contribution in [3.05, 3.63) is 63.9 Å². The molecule has 2 rings (SSSR count). The summed E-state index contributed by atoms with van der Waals surface area (Å²) in [6.07, 6.45) is -6.26. The maximum absolute atomic E-state index is 13.9. The Kier molecular flexibility index (Phi) is 6.36. The Morgan fingerprint density at radius 2 is 1.71 bits per heavy atom. The highest BCUT2D eigenvalue weighted by Gasteiger charge is 2.56. The lowest BCUT2D eigenvalue weighted by Gasteiger charge is -2.38. The third kappa shape index (κ3) is 4.78. The van der Waals surface area contributed by atoms with E-state index < -0.39 is 35.9 Å². The number of alkyl halides is 3. The van der Waals surface area contributed by atoms with Crippen molar-refractivity contribution in [2.75, 3.05) is 7.11 Å². The molecule has 28 heavy (non-hydrogen) atoms. The van der Waals surface area contributed by atoms with Gasteiger partial charge in [-0.15, -0.1) is 0 Å². The number of aliphatic hydroxyl groups is 1. The fraction of sp³-hybridized carbons (Fsp3) is 0.429. The number of hydrogen-bond acceptors (Lipinski definition) is 2. The van der Waals surface area contributed by atoms with Gasteiger partial charge in [0, 0.05) is 17.0 Å². The van der Waals surface area contributed by atoms with Gasteiger partial charge in [-0.2, -0.15) is 13.2 Å². The van der Waals surface area contributed by atoms with Gasteiger partial charge in [-0.05, 0) is 54.2 Å². The van der Waals surface area contributed by atoms with Gasteiger partial charge >= 0.3 is 6.18 Å². The molecular weight excluding hydrogens is 396 g/mol. The second-order valence-electron chi connectivity index (χ2n) is 7.69. The Bertz CT molecular complexity index is 849. The van der Waals surface area contributed by atoms with E-state index in [4.69, 9.17) is 16.3 Å². The first-order valence-corrected chi connectivity index (χ1v) is 9.05. The smallest absolute Gasteiger partial charge is 0.417 e. The van der Waals surface area contributed by atoms with Gasteiger partial charge in [-0.1, -0.05) is 37.6 Å². The summed E-state index contributed by atoms with van der Waals surface area (Å²) in [6, 6.07) is 8.20. The minimum atomic E-state index is -4.90. The first kappa shape index (κ1) is 22.5. The van der Waals surface area contributed by atoms with Gasteiger partial charge in [0.05, 0.1) is 7.11 Å². The molecule has 0 saturated heterocycles. The summed E-state index contributed by atoms with van der Waals surface area (Å²) in [6.45, 7) is 4.77. The van der Waals surface area contributed by atoms with Crippen LogP contribution < -0.4 is 4.74 Å². The third-order valence-corrected chi connectivity index (χ3v) is 5.29. The normalized spacial score (nSPS) is 14.6. The van der Waals surface area contributed by atoms with Crippen molar-refractivity contribution in [3.63, 3.8) is 0 Å². The van der Waals surface area contributed by atoms with Crippen molar-refractivity contribution in [1.29, 1.82) is 0 Å². The van der Waals surface area contributed by atoms with Gasteiger partial charge in [-0.25, -0.2) is 4.39 Å². The van der Waals surface area contributed by atoms with Gasteiger partial charge in [0.1, 0.15) is 11.6 Å². The summed E-state index contributed by atoms with van der Waals surface area (Å²) < 4.78 is 60.6. The van der Waals surface area contributed by atoms with Crippen LogP contribution in [0.4, 0.5) is 17.6 Å². The summed E-state index contributed by atoms with van der Waals surface area (Å²) in [5.41, 5.74) is -3.03. The maximum atomic E-state index is 13.9. The molecule has 2 nitrogen and oxygen atoms in total. The molecule has 2 aromatic rings. The number of halogens is 5. The van der Waals surface area contributed by atoms with E-state index in [0.717, 1.165) is 11.6 Å². The molecule has 0 aliphatic heterocycles. The van der Waals surface area contributed by atoms with Crippen molar-refractivity contribution < 1.29 is 27.4 Å². The Morgan fingerprint density at radius 3 is 2.25 bits per heavy atom. The highest BCUT2D eigenvalue weighted by molar-refractivity contribution is 6.31. The molecule has 1 unspecified atom stereocenters. The summed E-state index contributed by atoms with van der Waals surface area (Å²) in [4.78, 5) is 0. The van der Waals surface area contributed by atoms with E-state index in [0.29, 0.717) is 5.02 Å². The number of rotatable bonds is 6. The van der Waals surface area contributed by atoms with Crippen LogP contribution in [0.3, 0.4) is 0 Å². The van der Waals surface area contributed by atoms with Crippen LogP contribution in [0.5, 0.6) is 5.75 Å². The molecule has 2 aromatic carbocycles. The van der Waals surface area contributed by atoms with Gasteiger partial charge in [0.25, 0.3) is 0 Å². The number of benzene rings is 2. The van der Waals surface area contributed by atoms with Crippen LogP contribution in [-0.2, 0) is 11.8 Å². The standard InChI is InChI=1S/C21H23ClF4O2/c1-13-5-6-14(9-17(13)22)11-20(27,21(24,25)26)12-19(2,3)16-10-15(23)7-8-18(16)28-4/h5-10,27H,11-12H2,1-4H3. The molecule has 0 aliphatic carbocycles. The highest BCUT2D eigenvalue weighted by atomic mass is 35.5. The van der Waals surface area contributed by atoms with E-state index in [1.165, 1.54) is 45.2 Å². The lowest BCUT2D eigenvalue weighted by Crippen LogP contribution is -2.50. The summed E-state index contributed by atoms with van der Waals surface area (Å²) in [5, 5.41) is 11.0. The fourth-order valence-electron chi connectivity index (χ4n) is 3.38. The predicted octanol–water partition coefficient (Wildman–Crippen LogP) is 6.00. The Labute approximate surface area is 167 Å². The van der Waals surface area contributed by atoms with Crippen molar-refractivity contribution >= 4 is 11.6 Å². The van der Waals surface area contributed by atoms with Crippen molar-refractivity contribution in [2.24, 2.45) is 0 Å². The molecule has 0 heterocycles. The maximum Gasteiger partial charge on any atom is 0.417 e. The molecule has 0 radical (unpaired) electrons. The molecule has 0 spiro atoms. The molecule has 0 aromatic heterocycles. The van der Waals surface area contributed by atoms with Crippen LogP contribution in [0.15, 0.2) is 36.4 Å². The average molecular weight is 419 g/mol. The van der Waals surface area contributed by atoms with E-state index in [-0.39, 0.29) is 16.9 Å². The quantitative estimate of drug-likeness (QED) is 0.583. The van der Waals surface area contributed by atoms with Crippen LogP contribution in [0.25, 0.3) is 0 Å². The zero-order valence-electron chi connectivity index (χ0n) is 16.1. The van der Waals surface area contributed by atoms with Gasteiger partial charge in [0.2, 0.25) is 0 Å².